The van der Waals surface area contributed by atoms with Gasteiger partial charge in [0, 0.05) is 11.3 Å². The molecule has 1 heterocycles. The lowest BCUT2D eigenvalue weighted by Gasteiger charge is -2.36. The first-order valence-corrected chi connectivity index (χ1v) is 6.28. The highest BCUT2D eigenvalue weighted by atomic mass is 32.1. The maximum atomic E-state index is 11.9. The van der Waals surface area contributed by atoms with Crippen molar-refractivity contribution >= 4 is 29.5 Å². The predicted octanol–water partition coefficient (Wildman–Crippen LogP) is 1.94. The molecule has 1 aromatic rings. The SMILES string of the molecule is CC(=O)C1=C(C)NC(=S)N(C=O)C1c1ccccc1. The summed E-state index contributed by atoms with van der Waals surface area (Å²) in [5.74, 6) is -0.0757. The maximum Gasteiger partial charge on any atom is 0.216 e. The Morgan fingerprint density at radius 1 is 1.37 bits per heavy atom. The zero-order chi connectivity index (χ0) is 14.0. The third-order valence-electron chi connectivity index (χ3n) is 3.09. The zero-order valence-corrected chi connectivity index (χ0v) is 11.5. The summed E-state index contributed by atoms with van der Waals surface area (Å²) in [7, 11) is 0. The van der Waals surface area contributed by atoms with Gasteiger partial charge in [-0.2, -0.15) is 0 Å². The Hall–Kier alpha value is -2.01. The topological polar surface area (TPSA) is 49.4 Å². The van der Waals surface area contributed by atoms with Crippen LogP contribution in [0.15, 0.2) is 41.6 Å². The van der Waals surface area contributed by atoms with Crippen molar-refractivity contribution in [1.82, 2.24) is 10.2 Å². The van der Waals surface area contributed by atoms with Gasteiger partial charge in [-0.3, -0.25) is 14.5 Å². The van der Waals surface area contributed by atoms with Gasteiger partial charge < -0.3 is 5.32 Å². The van der Waals surface area contributed by atoms with E-state index >= 15 is 0 Å². The van der Waals surface area contributed by atoms with Gasteiger partial charge in [0.1, 0.15) is 0 Å². The van der Waals surface area contributed by atoms with Crippen LogP contribution in [0, 0.1) is 0 Å². The molecule has 1 aliphatic heterocycles. The molecule has 0 saturated carbocycles. The number of hydrogen-bond donors (Lipinski definition) is 1. The number of amides is 1. The van der Waals surface area contributed by atoms with Crippen LogP contribution in [0.1, 0.15) is 25.5 Å². The second-order valence-electron chi connectivity index (χ2n) is 4.35. The van der Waals surface area contributed by atoms with E-state index in [1.165, 1.54) is 11.8 Å². The van der Waals surface area contributed by atoms with Crippen LogP contribution in [0.3, 0.4) is 0 Å². The molecule has 0 radical (unpaired) electrons. The van der Waals surface area contributed by atoms with Crippen molar-refractivity contribution in [2.24, 2.45) is 0 Å². The van der Waals surface area contributed by atoms with Crippen LogP contribution in [0.25, 0.3) is 0 Å². The zero-order valence-electron chi connectivity index (χ0n) is 10.7. The summed E-state index contributed by atoms with van der Waals surface area (Å²) in [5, 5.41) is 3.21. The second kappa shape index (κ2) is 5.32. The van der Waals surface area contributed by atoms with Crippen molar-refractivity contribution in [3.8, 4) is 0 Å². The van der Waals surface area contributed by atoms with Crippen LogP contribution >= 0.6 is 12.2 Å². The third-order valence-corrected chi connectivity index (χ3v) is 3.41. The molecule has 0 bridgehead atoms. The van der Waals surface area contributed by atoms with Crippen molar-refractivity contribution in [3.63, 3.8) is 0 Å². The van der Waals surface area contributed by atoms with Crippen molar-refractivity contribution in [2.45, 2.75) is 19.9 Å². The van der Waals surface area contributed by atoms with Crippen LogP contribution in [-0.2, 0) is 9.59 Å². The molecule has 0 aromatic heterocycles. The molecule has 0 aliphatic carbocycles. The molecular weight excluding hydrogens is 260 g/mol. The minimum Gasteiger partial charge on any atom is -0.336 e. The number of benzene rings is 1. The lowest BCUT2D eigenvalue weighted by Crippen LogP contribution is -2.47. The molecule has 1 amide bonds. The minimum atomic E-state index is -0.454. The first-order chi connectivity index (χ1) is 9.06. The molecular formula is C14H14N2O2S. The van der Waals surface area contributed by atoms with E-state index in [2.05, 4.69) is 5.32 Å². The highest BCUT2D eigenvalue weighted by Gasteiger charge is 2.34. The Labute approximate surface area is 117 Å². The van der Waals surface area contributed by atoms with Gasteiger partial charge in [-0.25, -0.2) is 0 Å². The van der Waals surface area contributed by atoms with Crippen LogP contribution in [0.5, 0.6) is 0 Å². The molecule has 5 heteroatoms. The van der Waals surface area contributed by atoms with E-state index in [-0.39, 0.29) is 5.78 Å². The van der Waals surface area contributed by atoms with E-state index in [1.807, 2.05) is 30.3 Å². The van der Waals surface area contributed by atoms with Gasteiger partial charge in [0.05, 0.1) is 6.04 Å². The van der Waals surface area contributed by atoms with Gasteiger partial charge in [-0.05, 0) is 31.6 Å². The van der Waals surface area contributed by atoms with Crippen LogP contribution in [0.2, 0.25) is 0 Å². The van der Waals surface area contributed by atoms with Gasteiger partial charge in [-0.1, -0.05) is 30.3 Å². The summed E-state index contributed by atoms with van der Waals surface area (Å²) in [5.41, 5.74) is 2.12. The molecule has 1 aromatic carbocycles. The first kappa shape index (κ1) is 13.4. The summed E-state index contributed by atoms with van der Waals surface area (Å²) >= 11 is 5.16. The third kappa shape index (κ3) is 2.42. The van der Waals surface area contributed by atoms with Gasteiger partial charge >= 0.3 is 0 Å². The van der Waals surface area contributed by atoms with E-state index in [9.17, 15) is 9.59 Å². The van der Waals surface area contributed by atoms with Gasteiger partial charge in [-0.15, -0.1) is 0 Å². The summed E-state index contributed by atoms with van der Waals surface area (Å²) in [6, 6.07) is 8.94. The maximum absolute atomic E-state index is 11.9. The largest absolute Gasteiger partial charge is 0.336 e. The minimum absolute atomic E-state index is 0.0757. The fourth-order valence-corrected chi connectivity index (χ4v) is 2.58. The Morgan fingerprint density at radius 2 is 2.00 bits per heavy atom. The van der Waals surface area contributed by atoms with E-state index < -0.39 is 6.04 Å². The lowest BCUT2D eigenvalue weighted by molar-refractivity contribution is -0.117. The Morgan fingerprint density at radius 3 is 2.53 bits per heavy atom. The van der Waals surface area contributed by atoms with Gasteiger partial charge in [0.2, 0.25) is 6.41 Å². The summed E-state index contributed by atoms with van der Waals surface area (Å²) in [4.78, 5) is 24.5. The van der Waals surface area contributed by atoms with Crippen LogP contribution in [-0.4, -0.2) is 22.2 Å². The fraction of sp³-hybridized carbons (Fsp3) is 0.214. The number of nitrogens with zero attached hydrogens (tertiary/aromatic N) is 1. The molecule has 0 fully saturated rings. The molecule has 1 N–H and O–H groups in total. The van der Waals surface area contributed by atoms with Crippen LogP contribution < -0.4 is 5.32 Å². The quantitative estimate of drug-likeness (QED) is 0.676. The number of rotatable bonds is 3. The highest BCUT2D eigenvalue weighted by molar-refractivity contribution is 7.80. The molecule has 19 heavy (non-hydrogen) atoms. The average molecular weight is 274 g/mol. The summed E-state index contributed by atoms with van der Waals surface area (Å²) in [6.07, 6.45) is 0.655. The molecule has 98 valence electrons. The smallest absolute Gasteiger partial charge is 0.216 e. The number of carbonyl (C=O) groups excluding carboxylic acids is 2. The monoisotopic (exact) mass is 274 g/mol. The standard InChI is InChI=1S/C14H14N2O2S/c1-9-12(10(2)18)13(11-6-4-3-5-7-11)16(8-17)14(19)15-9/h3-8,13H,1-2H3,(H,15,19). The molecule has 0 spiro atoms. The number of ketones is 1. The van der Waals surface area contributed by atoms with Crippen molar-refractivity contribution in [1.29, 1.82) is 0 Å². The first-order valence-electron chi connectivity index (χ1n) is 5.87. The second-order valence-corrected chi connectivity index (χ2v) is 4.74. The van der Waals surface area contributed by atoms with Crippen molar-refractivity contribution in [2.75, 3.05) is 0 Å². The number of nitrogens with one attached hydrogen (secondary N) is 1. The lowest BCUT2D eigenvalue weighted by atomic mass is 9.92. The number of allylic oxidation sites excluding steroid dienone is 1. The fourth-order valence-electron chi connectivity index (χ4n) is 2.28. The van der Waals surface area contributed by atoms with E-state index in [0.717, 1.165) is 5.56 Å². The van der Waals surface area contributed by atoms with E-state index in [1.54, 1.807) is 6.92 Å². The molecule has 0 saturated heterocycles. The Balaban J connectivity index is 2.61. The molecule has 4 nitrogen and oxygen atoms in total. The van der Waals surface area contributed by atoms with E-state index in [0.29, 0.717) is 22.8 Å². The molecule has 1 unspecified atom stereocenters. The number of Topliss-reactive ketones (excluding diaryl/α,β-unsaturated/α-hetero) is 1. The number of carbonyl (C=O) groups is 2. The Kier molecular flexibility index (Phi) is 3.76. The van der Waals surface area contributed by atoms with Crippen molar-refractivity contribution in [3.05, 3.63) is 47.2 Å². The molecule has 1 aliphatic rings. The highest BCUT2D eigenvalue weighted by Crippen LogP contribution is 2.32. The summed E-state index contributed by atoms with van der Waals surface area (Å²) < 4.78 is 0. The van der Waals surface area contributed by atoms with Crippen LogP contribution in [0.4, 0.5) is 0 Å². The number of hydrogen-bond acceptors (Lipinski definition) is 3. The van der Waals surface area contributed by atoms with Crippen molar-refractivity contribution < 1.29 is 9.59 Å². The summed E-state index contributed by atoms with van der Waals surface area (Å²) in [6.45, 7) is 3.29. The normalized spacial score (nSPS) is 19.2. The predicted molar refractivity (Wildman–Crippen MR) is 76.2 cm³/mol. The number of thiocarbonyl (C=S) groups is 1. The molecule has 2 rings (SSSR count). The van der Waals surface area contributed by atoms with E-state index in [4.69, 9.17) is 12.2 Å². The molecule has 1 atom stereocenters. The van der Waals surface area contributed by atoms with Gasteiger partial charge in [0.25, 0.3) is 0 Å². The Bertz CT molecular complexity index is 566. The average Bonchev–Trinajstić information content (AvgIpc) is 2.38. The van der Waals surface area contributed by atoms with Gasteiger partial charge in [0.15, 0.2) is 10.9 Å².